The molecule has 7 heteroatoms. The molecule has 1 saturated heterocycles. The molecule has 2 heterocycles. The summed E-state index contributed by atoms with van der Waals surface area (Å²) in [7, 11) is -3.42. The van der Waals surface area contributed by atoms with Crippen LogP contribution in [0.15, 0.2) is 53.6 Å². The molecule has 0 saturated carbocycles. The van der Waals surface area contributed by atoms with Crippen LogP contribution in [0, 0.1) is 0 Å². The highest BCUT2D eigenvalue weighted by Crippen LogP contribution is 2.24. The van der Waals surface area contributed by atoms with E-state index >= 15 is 0 Å². The fourth-order valence-corrected chi connectivity index (χ4v) is 3.65. The molecule has 3 rings (SSSR count). The van der Waals surface area contributed by atoms with Gasteiger partial charge in [0.25, 0.3) is 0 Å². The first kappa shape index (κ1) is 14.3. The minimum Gasteiger partial charge on any atom is -0.472 e. The average molecular weight is 325 g/mol. The van der Waals surface area contributed by atoms with Crippen LogP contribution in [-0.4, -0.2) is 36.9 Å². The minimum atomic E-state index is -3.42. The maximum atomic E-state index is 12.3. The predicted octanol–water partition coefficient (Wildman–Crippen LogP) is 2.19. The van der Waals surface area contributed by atoms with Gasteiger partial charge in [-0.3, -0.25) is 0 Å². The second-order valence-electron chi connectivity index (χ2n) is 4.69. The van der Waals surface area contributed by atoms with Gasteiger partial charge in [0.2, 0.25) is 15.9 Å². The van der Waals surface area contributed by atoms with Gasteiger partial charge in [-0.1, -0.05) is 29.8 Å². The molecule has 0 bridgehead atoms. The second kappa shape index (κ2) is 5.63. The maximum absolute atomic E-state index is 12.3. The normalized spacial score (nSPS) is 16.4. The molecule has 1 aromatic heterocycles. The van der Waals surface area contributed by atoms with Crippen molar-refractivity contribution in [1.29, 1.82) is 0 Å². The first-order valence-corrected chi connectivity index (χ1v) is 8.21. The zero-order chi connectivity index (χ0) is 14.9. The van der Waals surface area contributed by atoms with Crippen LogP contribution in [0.5, 0.6) is 5.88 Å². The summed E-state index contributed by atoms with van der Waals surface area (Å²) in [4.78, 5) is 4.32. The number of benzene rings is 1. The van der Waals surface area contributed by atoms with Crippen LogP contribution < -0.4 is 4.74 Å². The second-order valence-corrected chi connectivity index (χ2v) is 7.06. The predicted molar refractivity (Wildman–Crippen MR) is 78.9 cm³/mol. The van der Waals surface area contributed by atoms with Crippen molar-refractivity contribution in [1.82, 2.24) is 9.29 Å². The number of sulfonamides is 1. The van der Waals surface area contributed by atoms with Crippen molar-refractivity contribution in [3.63, 3.8) is 0 Å². The fourth-order valence-electron chi connectivity index (χ4n) is 2.02. The minimum absolute atomic E-state index is 0.183. The number of hydrogen-bond acceptors (Lipinski definition) is 4. The third-order valence-electron chi connectivity index (χ3n) is 3.18. The Labute approximate surface area is 128 Å². The highest BCUT2D eigenvalue weighted by Gasteiger charge is 2.38. The highest BCUT2D eigenvalue weighted by atomic mass is 35.5. The molecule has 0 spiro atoms. The van der Waals surface area contributed by atoms with E-state index in [2.05, 4.69) is 4.98 Å². The maximum Gasteiger partial charge on any atom is 0.243 e. The van der Waals surface area contributed by atoms with Gasteiger partial charge in [-0.05, 0) is 18.2 Å². The number of halogens is 1. The smallest absolute Gasteiger partial charge is 0.243 e. The van der Waals surface area contributed by atoms with Crippen molar-refractivity contribution in [2.75, 3.05) is 13.1 Å². The third-order valence-corrected chi connectivity index (χ3v) is 5.25. The van der Waals surface area contributed by atoms with E-state index in [1.807, 2.05) is 0 Å². The van der Waals surface area contributed by atoms with Crippen LogP contribution in [0.1, 0.15) is 0 Å². The molecule has 0 amide bonds. The van der Waals surface area contributed by atoms with E-state index < -0.39 is 10.0 Å². The number of aromatic nitrogens is 1. The van der Waals surface area contributed by atoms with E-state index in [0.29, 0.717) is 28.9 Å². The topological polar surface area (TPSA) is 59.5 Å². The van der Waals surface area contributed by atoms with Crippen molar-refractivity contribution in [2.45, 2.75) is 11.0 Å². The average Bonchev–Trinajstić information content (AvgIpc) is 2.45. The van der Waals surface area contributed by atoms with Gasteiger partial charge >= 0.3 is 0 Å². The van der Waals surface area contributed by atoms with Crippen LogP contribution in [0.4, 0.5) is 0 Å². The molecule has 0 atom stereocenters. The van der Waals surface area contributed by atoms with Crippen LogP contribution in [0.25, 0.3) is 0 Å². The van der Waals surface area contributed by atoms with Crippen LogP contribution >= 0.6 is 11.6 Å². The van der Waals surface area contributed by atoms with Gasteiger partial charge in [0.1, 0.15) is 6.10 Å². The van der Waals surface area contributed by atoms with Gasteiger partial charge in [0.15, 0.2) is 0 Å². The molecular weight excluding hydrogens is 312 g/mol. The van der Waals surface area contributed by atoms with Crippen LogP contribution in [0.2, 0.25) is 5.02 Å². The Bertz CT molecular complexity index is 714. The molecule has 1 fully saturated rings. The van der Waals surface area contributed by atoms with Crippen LogP contribution in [-0.2, 0) is 10.0 Å². The fraction of sp³-hybridized carbons (Fsp3) is 0.214. The van der Waals surface area contributed by atoms with Gasteiger partial charge in [-0.25, -0.2) is 13.4 Å². The summed E-state index contributed by atoms with van der Waals surface area (Å²) >= 11 is 5.74. The number of ether oxygens (including phenoxy) is 1. The Morgan fingerprint density at radius 3 is 2.48 bits per heavy atom. The first-order valence-electron chi connectivity index (χ1n) is 6.39. The Morgan fingerprint density at radius 1 is 1.14 bits per heavy atom. The number of pyridine rings is 1. The lowest BCUT2D eigenvalue weighted by Crippen LogP contribution is -2.56. The Kier molecular flexibility index (Phi) is 3.84. The molecule has 5 nitrogen and oxygen atoms in total. The van der Waals surface area contributed by atoms with E-state index in [1.54, 1.807) is 42.5 Å². The van der Waals surface area contributed by atoms with Crippen molar-refractivity contribution < 1.29 is 13.2 Å². The number of rotatable bonds is 4. The summed E-state index contributed by atoms with van der Waals surface area (Å²) in [6.07, 6.45) is 1.31. The first-order chi connectivity index (χ1) is 10.1. The molecule has 2 aromatic rings. The van der Waals surface area contributed by atoms with Gasteiger partial charge < -0.3 is 4.74 Å². The molecule has 1 aliphatic heterocycles. The monoisotopic (exact) mass is 324 g/mol. The summed E-state index contributed by atoms with van der Waals surface area (Å²) in [6.45, 7) is 0.642. The summed E-state index contributed by atoms with van der Waals surface area (Å²) < 4.78 is 31.6. The number of hydrogen-bond donors (Lipinski definition) is 0. The highest BCUT2D eigenvalue weighted by molar-refractivity contribution is 7.89. The Hall–Kier alpha value is -1.63. The molecule has 0 unspecified atom stereocenters. The molecule has 0 aliphatic carbocycles. The van der Waals surface area contributed by atoms with E-state index in [-0.39, 0.29) is 6.10 Å². The van der Waals surface area contributed by atoms with Crippen molar-refractivity contribution in [3.05, 3.63) is 53.7 Å². The summed E-state index contributed by atoms with van der Waals surface area (Å²) in [5, 5.41) is 0.532. The molecule has 1 aromatic carbocycles. The van der Waals surface area contributed by atoms with E-state index in [4.69, 9.17) is 16.3 Å². The Balaban J connectivity index is 1.62. The van der Waals surface area contributed by atoms with Gasteiger partial charge in [-0.15, -0.1) is 0 Å². The van der Waals surface area contributed by atoms with Crippen molar-refractivity contribution in [2.24, 2.45) is 0 Å². The quantitative estimate of drug-likeness (QED) is 0.865. The summed E-state index contributed by atoms with van der Waals surface area (Å²) in [5.74, 6) is 0.446. The largest absolute Gasteiger partial charge is 0.472 e. The van der Waals surface area contributed by atoms with Crippen molar-refractivity contribution in [3.8, 4) is 5.88 Å². The van der Waals surface area contributed by atoms with Gasteiger partial charge in [-0.2, -0.15) is 4.31 Å². The van der Waals surface area contributed by atoms with E-state index in [1.165, 1.54) is 10.5 Å². The third kappa shape index (κ3) is 3.02. The van der Waals surface area contributed by atoms with Gasteiger partial charge in [0, 0.05) is 12.3 Å². The SMILES string of the molecule is O=S(=O)(c1ccccc1)N1CC(Oc2ccc(Cl)cn2)C1. The summed E-state index contributed by atoms with van der Waals surface area (Å²) in [6, 6.07) is 11.7. The molecule has 21 heavy (non-hydrogen) atoms. The van der Waals surface area contributed by atoms with E-state index in [9.17, 15) is 8.42 Å². The standard InChI is InChI=1S/C14H13ClN2O3S/c15-11-6-7-14(16-8-11)20-12-9-17(10-12)21(18,19)13-4-2-1-3-5-13/h1-8,12H,9-10H2. The van der Waals surface area contributed by atoms with Crippen molar-refractivity contribution >= 4 is 21.6 Å². The molecular formula is C14H13ClN2O3S. The molecule has 110 valence electrons. The Morgan fingerprint density at radius 2 is 1.86 bits per heavy atom. The molecule has 0 N–H and O–H groups in total. The number of nitrogens with zero attached hydrogens (tertiary/aromatic N) is 2. The zero-order valence-electron chi connectivity index (χ0n) is 11.0. The van der Waals surface area contributed by atoms with Crippen LogP contribution in [0.3, 0.4) is 0 Å². The van der Waals surface area contributed by atoms with E-state index in [0.717, 1.165) is 0 Å². The van der Waals surface area contributed by atoms with Gasteiger partial charge in [0.05, 0.1) is 23.0 Å². The zero-order valence-corrected chi connectivity index (χ0v) is 12.6. The lowest BCUT2D eigenvalue weighted by atomic mass is 10.2. The molecule has 0 radical (unpaired) electrons. The molecule has 1 aliphatic rings. The lowest BCUT2D eigenvalue weighted by molar-refractivity contribution is 0.0721. The summed E-state index contributed by atoms with van der Waals surface area (Å²) in [5.41, 5.74) is 0. The lowest BCUT2D eigenvalue weighted by Gasteiger charge is -2.37.